The molecule has 0 spiro atoms. The number of nitrogens with one attached hydrogen (secondary N) is 1. The molecule has 4 heteroatoms. The van der Waals surface area contributed by atoms with Gasteiger partial charge in [0.15, 0.2) is 0 Å². The van der Waals surface area contributed by atoms with Crippen LogP contribution in [0.5, 0.6) is 0 Å². The number of para-hydroxylation sites is 1. The second-order valence-electron chi connectivity index (χ2n) is 6.47. The molecule has 2 aliphatic heterocycles. The summed E-state index contributed by atoms with van der Waals surface area (Å²) in [7, 11) is 0. The molecule has 0 aromatic heterocycles. The van der Waals surface area contributed by atoms with Crippen LogP contribution in [0.3, 0.4) is 0 Å². The number of hydrogen-bond acceptors (Lipinski definition) is 2. The van der Waals surface area contributed by atoms with Crippen molar-refractivity contribution < 1.29 is 4.79 Å². The van der Waals surface area contributed by atoms with Crippen molar-refractivity contribution in [2.75, 3.05) is 24.5 Å². The van der Waals surface area contributed by atoms with Crippen LogP contribution in [-0.4, -0.2) is 36.6 Å². The van der Waals surface area contributed by atoms with Gasteiger partial charge in [0.05, 0.1) is 0 Å². The van der Waals surface area contributed by atoms with E-state index in [9.17, 15) is 4.79 Å². The molecule has 0 saturated carbocycles. The molecule has 2 heterocycles. The second kappa shape index (κ2) is 6.06. The summed E-state index contributed by atoms with van der Waals surface area (Å²) >= 11 is 0. The molecule has 2 amide bonds. The first-order valence-electron chi connectivity index (χ1n) is 8.03. The van der Waals surface area contributed by atoms with Gasteiger partial charge in [0.1, 0.15) is 0 Å². The van der Waals surface area contributed by atoms with E-state index < -0.39 is 0 Å². The smallest absolute Gasteiger partial charge is 0.324 e. The number of carbonyl (C=O) groups is 1. The van der Waals surface area contributed by atoms with Crippen molar-refractivity contribution in [3.8, 4) is 0 Å². The van der Waals surface area contributed by atoms with E-state index in [1.165, 1.54) is 5.56 Å². The van der Waals surface area contributed by atoms with Crippen LogP contribution < -0.4 is 10.2 Å². The van der Waals surface area contributed by atoms with Gasteiger partial charge in [0.25, 0.3) is 0 Å². The number of fused-ring (bicyclic) bond motifs is 1. The lowest BCUT2D eigenvalue weighted by Crippen LogP contribution is -2.49. The van der Waals surface area contributed by atoms with E-state index in [2.05, 4.69) is 31.3 Å². The van der Waals surface area contributed by atoms with E-state index in [4.69, 9.17) is 0 Å². The van der Waals surface area contributed by atoms with Crippen LogP contribution in [0, 0.1) is 5.92 Å². The molecular formula is C17H25N3O. The van der Waals surface area contributed by atoms with Crippen LogP contribution in [-0.2, 0) is 6.54 Å². The predicted molar refractivity (Wildman–Crippen MR) is 85.5 cm³/mol. The number of likely N-dealkylation sites (tertiary alicyclic amines) is 1. The first-order valence-corrected chi connectivity index (χ1v) is 8.03. The Bertz CT molecular complexity index is 509. The van der Waals surface area contributed by atoms with Crippen LogP contribution in [0.25, 0.3) is 0 Å². The maximum atomic E-state index is 12.9. The Hall–Kier alpha value is -1.55. The highest BCUT2D eigenvalue weighted by atomic mass is 16.2. The topological polar surface area (TPSA) is 35.6 Å². The Kier molecular flexibility index (Phi) is 4.15. The van der Waals surface area contributed by atoms with Gasteiger partial charge in [-0.3, -0.25) is 4.90 Å². The number of hydrogen-bond donors (Lipinski definition) is 1. The van der Waals surface area contributed by atoms with E-state index in [1.807, 2.05) is 21.9 Å². The van der Waals surface area contributed by atoms with Gasteiger partial charge in [-0.05, 0) is 37.3 Å². The van der Waals surface area contributed by atoms with E-state index >= 15 is 0 Å². The van der Waals surface area contributed by atoms with Gasteiger partial charge in [-0.15, -0.1) is 0 Å². The first-order chi connectivity index (χ1) is 10.1. The molecule has 4 nitrogen and oxygen atoms in total. The molecular weight excluding hydrogens is 262 g/mol. The lowest BCUT2D eigenvalue weighted by atomic mass is 9.99. The minimum absolute atomic E-state index is 0.171. The monoisotopic (exact) mass is 287 g/mol. The highest BCUT2D eigenvalue weighted by molar-refractivity contribution is 5.93. The third-order valence-corrected chi connectivity index (χ3v) is 4.66. The standard InChI is InChI=1S/C17H25N3O/c1-13-7-9-19(10-8-13)17(21)20-12-14(2)18-11-15-5-3-4-6-16(15)20/h3-6,13-14,18H,7-12H2,1-2H3. The molecule has 1 N–H and O–H groups in total. The number of piperidine rings is 1. The third kappa shape index (κ3) is 3.05. The summed E-state index contributed by atoms with van der Waals surface area (Å²) in [5.74, 6) is 0.742. The Balaban J connectivity index is 1.83. The van der Waals surface area contributed by atoms with Crippen molar-refractivity contribution in [2.45, 2.75) is 39.3 Å². The van der Waals surface area contributed by atoms with E-state index in [1.54, 1.807) is 0 Å². The first kappa shape index (κ1) is 14.4. The van der Waals surface area contributed by atoms with Gasteiger partial charge in [-0.25, -0.2) is 4.79 Å². The highest BCUT2D eigenvalue weighted by Crippen LogP contribution is 2.26. The van der Waals surface area contributed by atoms with Crippen LogP contribution >= 0.6 is 0 Å². The summed E-state index contributed by atoms with van der Waals surface area (Å²) in [6, 6.07) is 8.73. The van der Waals surface area contributed by atoms with E-state index in [-0.39, 0.29) is 6.03 Å². The Morgan fingerprint density at radius 1 is 1.19 bits per heavy atom. The number of rotatable bonds is 0. The Morgan fingerprint density at radius 2 is 1.90 bits per heavy atom. The molecule has 1 aromatic carbocycles. The van der Waals surface area contributed by atoms with Gasteiger partial charge in [-0.1, -0.05) is 25.1 Å². The lowest BCUT2D eigenvalue weighted by Gasteiger charge is -2.35. The molecule has 0 radical (unpaired) electrons. The molecule has 114 valence electrons. The number of amides is 2. The molecule has 1 aromatic rings. The molecule has 1 atom stereocenters. The minimum atomic E-state index is 0.171. The molecule has 0 bridgehead atoms. The number of nitrogens with zero attached hydrogens (tertiary/aromatic N) is 2. The average molecular weight is 287 g/mol. The Labute approximate surface area is 127 Å². The molecule has 3 rings (SSSR count). The SMILES string of the molecule is CC1CCN(C(=O)N2CC(C)NCc3ccccc32)CC1. The Morgan fingerprint density at radius 3 is 2.67 bits per heavy atom. The van der Waals surface area contributed by atoms with E-state index in [0.717, 1.165) is 50.6 Å². The predicted octanol–water partition coefficient (Wildman–Crippen LogP) is 2.84. The summed E-state index contributed by atoms with van der Waals surface area (Å²) < 4.78 is 0. The van der Waals surface area contributed by atoms with Crippen molar-refractivity contribution in [1.29, 1.82) is 0 Å². The van der Waals surface area contributed by atoms with Crippen molar-refractivity contribution in [2.24, 2.45) is 5.92 Å². The lowest BCUT2D eigenvalue weighted by molar-refractivity contribution is 0.179. The van der Waals surface area contributed by atoms with Gasteiger partial charge in [0, 0.05) is 37.9 Å². The zero-order chi connectivity index (χ0) is 14.8. The second-order valence-corrected chi connectivity index (χ2v) is 6.47. The molecule has 1 unspecified atom stereocenters. The largest absolute Gasteiger partial charge is 0.324 e. The molecule has 21 heavy (non-hydrogen) atoms. The number of benzene rings is 1. The van der Waals surface area contributed by atoms with Crippen LogP contribution in [0.1, 0.15) is 32.3 Å². The zero-order valence-corrected chi connectivity index (χ0v) is 13.0. The van der Waals surface area contributed by atoms with Crippen LogP contribution in [0.4, 0.5) is 10.5 Å². The van der Waals surface area contributed by atoms with Crippen molar-refractivity contribution in [3.63, 3.8) is 0 Å². The van der Waals surface area contributed by atoms with E-state index in [0.29, 0.717) is 6.04 Å². The van der Waals surface area contributed by atoms with Crippen LogP contribution in [0.2, 0.25) is 0 Å². The molecule has 1 saturated heterocycles. The van der Waals surface area contributed by atoms with Gasteiger partial charge < -0.3 is 10.2 Å². The summed E-state index contributed by atoms with van der Waals surface area (Å²) in [6.07, 6.45) is 2.24. The van der Waals surface area contributed by atoms with Gasteiger partial charge in [-0.2, -0.15) is 0 Å². The van der Waals surface area contributed by atoms with Gasteiger partial charge >= 0.3 is 6.03 Å². The van der Waals surface area contributed by atoms with Crippen molar-refractivity contribution in [3.05, 3.63) is 29.8 Å². The maximum Gasteiger partial charge on any atom is 0.324 e. The zero-order valence-electron chi connectivity index (χ0n) is 13.0. The fourth-order valence-electron chi connectivity index (χ4n) is 3.20. The number of anilines is 1. The summed E-state index contributed by atoms with van der Waals surface area (Å²) in [5.41, 5.74) is 2.28. The quantitative estimate of drug-likeness (QED) is 0.796. The third-order valence-electron chi connectivity index (χ3n) is 4.66. The average Bonchev–Trinajstić information content (AvgIpc) is 2.67. The maximum absolute atomic E-state index is 12.9. The number of urea groups is 1. The molecule has 2 aliphatic rings. The molecule has 1 fully saturated rings. The van der Waals surface area contributed by atoms with Crippen molar-refractivity contribution >= 4 is 11.7 Å². The molecule has 0 aliphatic carbocycles. The normalized spacial score (nSPS) is 23.6. The van der Waals surface area contributed by atoms with Gasteiger partial charge in [0.2, 0.25) is 0 Å². The minimum Gasteiger partial charge on any atom is -0.324 e. The number of carbonyl (C=O) groups excluding carboxylic acids is 1. The summed E-state index contributed by atoms with van der Waals surface area (Å²) in [6.45, 7) is 7.76. The summed E-state index contributed by atoms with van der Waals surface area (Å²) in [5, 5.41) is 3.48. The highest BCUT2D eigenvalue weighted by Gasteiger charge is 2.29. The van der Waals surface area contributed by atoms with Crippen molar-refractivity contribution in [1.82, 2.24) is 10.2 Å². The fraction of sp³-hybridized carbons (Fsp3) is 0.588. The van der Waals surface area contributed by atoms with Crippen LogP contribution in [0.15, 0.2) is 24.3 Å². The summed E-state index contributed by atoms with van der Waals surface area (Å²) in [4.78, 5) is 16.9. The fourth-order valence-corrected chi connectivity index (χ4v) is 3.20.